The summed E-state index contributed by atoms with van der Waals surface area (Å²) in [5.41, 5.74) is 0. The van der Waals surface area contributed by atoms with Crippen LogP contribution < -0.4 is 5.32 Å². The minimum atomic E-state index is 0.444. The van der Waals surface area contributed by atoms with Crippen molar-refractivity contribution >= 4 is 0 Å². The smallest absolute Gasteiger partial charge is 0.0972 e. The first-order valence-corrected chi connectivity index (χ1v) is 4.10. The molecule has 0 amide bonds. The fraction of sp³-hybridized carbons (Fsp3) is 1.00. The van der Waals surface area contributed by atoms with Crippen molar-refractivity contribution in [3.63, 3.8) is 0 Å². The van der Waals surface area contributed by atoms with Gasteiger partial charge in [-0.15, -0.1) is 0 Å². The summed E-state index contributed by atoms with van der Waals surface area (Å²) in [5, 5.41) is 3.33. The van der Waals surface area contributed by atoms with Gasteiger partial charge in [0.2, 0.25) is 0 Å². The molecule has 0 aromatic heterocycles. The van der Waals surface area contributed by atoms with Gasteiger partial charge in [0, 0.05) is 6.04 Å². The first-order chi connectivity index (χ1) is 4.75. The fourth-order valence-corrected chi connectivity index (χ4v) is 1.52. The maximum Gasteiger partial charge on any atom is 0.0972 e. The van der Waals surface area contributed by atoms with Crippen molar-refractivity contribution in [3.05, 3.63) is 0 Å². The molecule has 0 aliphatic carbocycles. The Morgan fingerprint density at radius 3 is 2.70 bits per heavy atom. The average molecular weight is 143 g/mol. The highest BCUT2D eigenvalue weighted by atomic mass is 16.5. The number of nitrogens with one attached hydrogen (secondary N) is 1. The Bertz CT molecular complexity index is 103. The highest BCUT2D eigenvalue weighted by Crippen LogP contribution is 2.16. The molecular formula is C8H17NO. The van der Waals surface area contributed by atoms with Gasteiger partial charge in [-0.05, 0) is 12.3 Å². The van der Waals surface area contributed by atoms with Gasteiger partial charge < -0.3 is 4.74 Å². The summed E-state index contributed by atoms with van der Waals surface area (Å²) in [6.45, 7) is 7.37. The minimum absolute atomic E-state index is 0.444. The third kappa shape index (κ3) is 1.50. The van der Waals surface area contributed by atoms with Crippen LogP contribution in [0.3, 0.4) is 0 Å². The Labute approximate surface area is 63.0 Å². The lowest BCUT2D eigenvalue weighted by Gasteiger charge is -2.19. The molecule has 1 rings (SSSR count). The van der Waals surface area contributed by atoms with Gasteiger partial charge in [-0.25, -0.2) is 0 Å². The van der Waals surface area contributed by atoms with Crippen LogP contribution in [-0.2, 0) is 4.74 Å². The van der Waals surface area contributed by atoms with Crippen LogP contribution in [-0.4, -0.2) is 18.9 Å². The molecule has 2 nitrogen and oxygen atoms in total. The van der Waals surface area contributed by atoms with E-state index < -0.39 is 0 Å². The fourth-order valence-electron chi connectivity index (χ4n) is 1.52. The number of hydrogen-bond acceptors (Lipinski definition) is 2. The normalized spacial score (nSPS) is 33.6. The number of ether oxygens (including phenoxy) is 1. The molecule has 1 aliphatic heterocycles. The summed E-state index contributed by atoms with van der Waals surface area (Å²) in [4.78, 5) is 0. The molecule has 2 unspecified atom stereocenters. The molecular weight excluding hydrogens is 126 g/mol. The van der Waals surface area contributed by atoms with E-state index >= 15 is 0 Å². The maximum absolute atomic E-state index is 5.46. The van der Waals surface area contributed by atoms with Gasteiger partial charge in [0.05, 0.1) is 12.8 Å². The molecule has 0 bridgehead atoms. The van der Waals surface area contributed by atoms with Crippen molar-refractivity contribution in [3.8, 4) is 0 Å². The summed E-state index contributed by atoms with van der Waals surface area (Å²) >= 11 is 0. The zero-order chi connectivity index (χ0) is 7.56. The van der Waals surface area contributed by atoms with Crippen LogP contribution in [0.15, 0.2) is 0 Å². The molecule has 60 valence electrons. The molecule has 0 spiro atoms. The molecule has 10 heavy (non-hydrogen) atoms. The summed E-state index contributed by atoms with van der Waals surface area (Å²) < 4.78 is 5.46. The third-order valence-electron chi connectivity index (χ3n) is 2.14. The number of rotatable bonds is 2. The molecule has 1 fully saturated rings. The van der Waals surface area contributed by atoms with Gasteiger partial charge in [0.15, 0.2) is 0 Å². The molecule has 1 heterocycles. The van der Waals surface area contributed by atoms with Crippen LogP contribution in [0.5, 0.6) is 0 Å². The molecule has 1 N–H and O–H groups in total. The molecule has 0 aromatic rings. The van der Waals surface area contributed by atoms with E-state index in [-0.39, 0.29) is 0 Å². The second kappa shape index (κ2) is 3.35. The standard InChI is InChI=1S/C8H17NO/c1-4-7-8(6(2)3)9-5-10-7/h6-9H,4-5H2,1-3H3. The van der Waals surface area contributed by atoms with Crippen LogP contribution >= 0.6 is 0 Å². The topological polar surface area (TPSA) is 21.3 Å². The lowest BCUT2D eigenvalue weighted by atomic mass is 9.98. The van der Waals surface area contributed by atoms with E-state index in [0.717, 1.165) is 13.2 Å². The molecule has 0 saturated carbocycles. The van der Waals surface area contributed by atoms with Crippen LogP contribution in [0, 0.1) is 5.92 Å². The van der Waals surface area contributed by atoms with Crippen molar-refractivity contribution in [1.29, 1.82) is 0 Å². The second-order valence-corrected chi connectivity index (χ2v) is 3.23. The molecule has 1 saturated heterocycles. The quantitative estimate of drug-likeness (QED) is 0.630. The van der Waals surface area contributed by atoms with E-state index in [0.29, 0.717) is 18.1 Å². The van der Waals surface area contributed by atoms with Gasteiger partial charge in [0.1, 0.15) is 0 Å². The first-order valence-electron chi connectivity index (χ1n) is 4.10. The summed E-state index contributed by atoms with van der Waals surface area (Å²) in [6.07, 6.45) is 1.57. The predicted molar refractivity (Wildman–Crippen MR) is 41.8 cm³/mol. The third-order valence-corrected chi connectivity index (χ3v) is 2.14. The Hall–Kier alpha value is -0.0800. The molecule has 1 aliphatic rings. The van der Waals surface area contributed by atoms with Crippen LogP contribution in [0.2, 0.25) is 0 Å². The van der Waals surface area contributed by atoms with Gasteiger partial charge in [-0.2, -0.15) is 0 Å². The van der Waals surface area contributed by atoms with Crippen LogP contribution in [0.1, 0.15) is 27.2 Å². The van der Waals surface area contributed by atoms with Crippen molar-refractivity contribution in [2.45, 2.75) is 39.3 Å². The van der Waals surface area contributed by atoms with Crippen LogP contribution in [0.4, 0.5) is 0 Å². The number of hydrogen-bond donors (Lipinski definition) is 1. The summed E-state index contributed by atoms with van der Waals surface area (Å²) in [7, 11) is 0. The minimum Gasteiger partial charge on any atom is -0.361 e. The summed E-state index contributed by atoms with van der Waals surface area (Å²) in [6, 6.07) is 0.574. The van der Waals surface area contributed by atoms with Crippen molar-refractivity contribution in [1.82, 2.24) is 5.32 Å². The molecule has 0 radical (unpaired) electrons. The molecule has 2 heteroatoms. The van der Waals surface area contributed by atoms with Gasteiger partial charge in [0.25, 0.3) is 0 Å². The van der Waals surface area contributed by atoms with E-state index in [9.17, 15) is 0 Å². The lowest BCUT2D eigenvalue weighted by Crippen LogP contribution is -2.35. The largest absolute Gasteiger partial charge is 0.361 e. The highest BCUT2D eigenvalue weighted by molar-refractivity contribution is 4.82. The van der Waals surface area contributed by atoms with E-state index in [4.69, 9.17) is 4.74 Å². The van der Waals surface area contributed by atoms with E-state index in [1.165, 1.54) is 0 Å². The predicted octanol–water partition coefficient (Wildman–Crippen LogP) is 1.37. The average Bonchev–Trinajstić information content (AvgIpc) is 2.33. The van der Waals surface area contributed by atoms with Gasteiger partial charge in [-0.3, -0.25) is 5.32 Å². The zero-order valence-electron chi connectivity index (χ0n) is 7.05. The Morgan fingerprint density at radius 1 is 1.60 bits per heavy atom. The van der Waals surface area contributed by atoms with Crippen molar-refractivity contribution in [2.24, 2.45) is 5.92 Å². The maximum atomic E-state index is 5.46. The van der Waals surface area contributed by atoms with Crippen molar-refractivity contribution < 1.29 is 4.74 Å². The second-order valence-electron chi connectivity index (χ2n) is 3.23. The Kier molecular flexibility index (Phi) is 2.69. The monoisotopic (exact) mass is 143 g/mol. The van der Waals surface area contributed by atoms with Gasteiger partial charge in [-0.1, -0.05) is 20.8 Å². The molecule has 0 aromatic carbocycles. The Balaban J connectivity index is 2.42. The van der Waals surface area contributed by atoms with Crippen LogP contribution in [0.25, 0.3) is 0 Å². The summed E-state index contributed by atoms with van der Waals surface area (Å²) in [5.74, 6) is 0.687. The van der Waals surface area contributed by atoms with Gasteiger partial charge >= 0.3 is 0 Å². The van der Waals surface area contributed by atoms with E-state index in [1.54, 1.807) is 0 Å². The zero-order valence-corrected chi connectivity index (χ0v) is 7.05. The van der Waals surface area contributed by atoms with Crippen molar-refractivity contribution in [2.75, 3.05) is 6.73 Å². The SMILES string of the molecule is CCC1OCNC1C(C)C. The lowest BCUT2D eigenvalue weighted by molar-refractivity contribution is 0.0930. The Morgan fingerprint density at radius 2 is 2.30 bits per heavy atom. The van der Waals surface area contributed by atoms with E-state index in [2.05, 4.69) is 26.1 Å². The highest BCUT2D eigenvalue weighted by Gasteiger charge is 2.28. The van der Waals surface area contributed by atoms with E-state index in [1.807, 2.05) is 0 Å². The molecule has 2 atom stereocenters. The first kappa shape index (κ1) is 8.02.